The monoisotopic (exact) mass is 597 g/mol. The zero-order chi connectivity index (χ0) is 30.7. The van der Waals surface area contributed by atoms with Gasteiger partial charge < -0.3 is 34.3 Å². The minimum atomic E-state index is -1.14. The molecule has 0 radical (unpaired) electrons. The topological polar surface area (TPSA) is 108 Å². The predicted molar refractivity (Wildman–Crippen MR) is 168 cm³/mol. The van der Waals surface area contributed by atoms with Crippen molar-refractivity contribution in [3.8, 4) is 39.9 Å². The molecule has 0 unspecified atom stereocenters. The van der Waals surface area contributed by atoms with Gasteiger partial charge in [0.1, 0.15) is 17.4 Å². The number of hydrogen-bond acceptors (Lipinski definition) is 6. The number of hydrogen-bond donors (Lipinski definition) is 2. The summed E-state index contributed by atoms with van der Waals surface area (Å²) in [6.45, 7) is 1.21. The van der Waals surface area contributed by atoms with E-state index in [0.29, 0.717) is 35.0 Å². The third kappa shape index (κ3) is 4.93. The molecule has 1 aliphatic carbocycles. The van der Waals surface area contributed by atoms with Crippen LogP contribution in [0, 0.1) is 5.92 Å². The van der Waals surface area contributed by atoms with Crippen LogP contribution in [0.5, 0.6) is 17.2 Å². The SMILES string of the molecule is COc1cc(-c2ccc3cc(-c4nc5cc(C(=O)N6C[C@H](N)C[C@@H](F)C6)cc(OC)c5n4C)n(CC4CC4)c3c2)ccc1O. The van der Waals surface area contributed by atoms with Crippen molar-refractivity contribution in [2.75, 3.05) is 27.3 Å². The van der Waals surface area contributed by atoms with E-state index in [2.05, 4.69) is 28.8 Å². The first-order chi connectivity index (χ1) is 21.2. The number of fused-ring (bicyclic) bond motifs is 2. The number of halogens is 1. The average Bonchev–Trinajstić information content (AvgIpc) is 3.69. The van der Waals surface area contributed by atoms with Gasteiger partial charge in [0, 0.05) is 42.6 Å². The number of imidazole rings is 1. The highest BCUT2D eigenvalue weighted by Crippen LogP contribution is 2.40. The van der Waals surface area contributed by atoms with E-state index in [9.17, 15) is 14.3 Å². The Hall–Kier alpha value is -4.57. The molecule has 0 bridgehead atoms. The molecule has 1 amide bonds. The van der Waals surface area contributed by atoms with E-state index in [0.717, 1.165) is 45.6 Å². The van der Waals surface area contributed by atoms with Gasteiger partial charge in [0.15, 0.2) is 17.3 Å². The first-order valence-corrected chi connectivity index (χ1v) is 15.0. The van der Waals surface area contributed by atoms with Crippen molar-refractivity contribution in [3.63, 3.8) is 0 Å². The summed E-state index contributed by atoms with van der Waals surface area (Å²) < 4.78 is 29.7. The highest BCUT2D eigenvalue weighted by Gasteiger charge is 2.30. The maximum absolute atomic E-state index is 14.3. The highest BCUT2D eigenvalue weighted by molar-refractivity contribution is 6.00. The molecule has 10 heteroatoms. The smallest absolute Gasteiger partial charge is 0.254 e. The Morgan fingerprint density at radius 2 is 1.77 bits per heavy atom. The van der Waals surface area contributed by atoms with Crippen molar-refractivity contribution < 1.29 is 23.8 Å². The number of carbonyl (C=O) groups is 1. The molecule has 3 heterocycles. The minimum absolute atomic E-state index is 0.0283. The second-order valence-electron chi connectivity index (χ2n) is 12.1. The lowest BCUT2D eigenvalue weighted by atomic mass is 10.0. The molecule has 2 aliphatic rings. The number of benzene rings is 3. The lowest BCUT2D eigenvalue weighted by Gasteiger charge is -2.33. The molecule has 0 spiro atoms. The number of aryl methyl sites for hydroxylation is 1. The molecule has 3 aromatic carbocycles. The van der Waals surface area contributed by atoms with Gasteiger partial charge in [0.05, 0.1) is 32.0 Å². The molecule has 1 saturated heterocycles. The van der Waals surface area contributed by atoms with Crippen molar-refractivity contribution in [3.05, 3.63) is 60.2 Å². The maximum atomic E-state index is 14.3. The Labute approximate surface area is 254 Å². The van der Waals surface area contributed by atoms with E-state index < -0.39 is 6.17 Å². The number of ether oxygens (including phenoxy) is 2. The predicted octanol–water partition coefficient (Wildman–Crippen LogP) is 5.51. The Bertz CT molecular complexity index is 1900. The number of alkyl halides is 1. The van der Waals surface area contributed by atoms with E-state index in [4.69, 9.17) is 20.2 Å². The van der Waals surface area contributed by atoms with Gasteiger partial charge in [-0.3, -0.25) is 4.79 Å². The standard InChI is InChI=1S/C34H36FN5O4/c1-38-32-26(10-23(14-31(32)44-3)34(42)39-17-24(35)15-25(36)18-39)37-33(38)28-12-22-7-6-20(11-27(22)40(28)16-19-4-5-19)21-8-9-29(41)30(13-21)43-2/h6-14,19,24-25,41H,4-5,15-18,36H2,1-3H3/t24-,25-/m1/s1. The maximum Gasteiger partial charge on any atom is 0.254 e. The van der Waals surface area contributed by atoms with Crippen LogP contribution in [0.4, 0.5) is 4.39 Å². The van der Waals surface area contributed by atoms with Gasteiger partial charge >= 0.3 is 0 Å². The number of likely N-dealkylation sites (tertiary alicyclic amines) is 1. The van der Waals surface area contributed by atoms with Crippen LogP contribution in [-0.2, 0) is 13.6 Å². The van der Waals surface area contributed by atoms with Crippen LogP contribution >= 0.6 is 0 Å². The summed E-state index contributed by atoms with van der Waals surface area (Å²) in [6, 6.07) is 17.0. The van der Waals surface area contributed by atoms with Crippen LogP contribution in [0.3, 0.4) is 0 Å². The van der Waals surface area contributed by atoms with Gasteiger partial charge in [-0.2, -0.15) is 0 Å². The third-order valence-corrected chi connectivity index (χ3v) is 8.90. The molecule has 5 aromatic rings. The van der Waals surface area contributed by atoms with E-state index in [1.165, 1.54) is 17.7 Å². The van der Waals surface area contributed by atoms with Gasteiger partial charge in [-0.15, -0.1) is 0 Å². The zero-order valence-electron chi connectivity index (χ0n) is 25.1. The normalized spacial score (nSPS) is 18.7. The molecule has 1 aliphatic heterocycles. The number of aromatic hydroxyl groups is 1. The van der Waals surface area contributed by atoms with Crippen molar-refractivity contribution in [1.82, 2.24) is 19.0 Å². The fraction of sp³-hybridized carbons (Fsp3) is 0.353. The van der Waals surface area contributed by atoms with E-state index in [1.54, 1.807) is 32.4 Å². The fourth-order valence-corrected chi connectivity index (χ4v) is 6.47. The summed E-state index contributed by atoms with van der Waals surface area (Å²) in [5, 5.41) is 11.2. The number of rotatable bonds is 7. The molecular weight excluding hydrogens is 561 g/mol. The molecule has 1 saturated carbocycles. The molecular formula is C34H36FN5O4. The van der Waals surface area contributed by atoms with Gasteiger partial charge in [-0.05, 0) is 72.7 Å². The molecule has 7 rings (SSSR count). The molecule has 3 N–H and O–H groups in total. The van der Waals surface area contributed by atoms with Crippen molar-refractivity contribution >= 4 is 27.8 Å². The second-order valence-corrected chi connectivity index (χ2v) is 12.1. The Kier molecular flexibility index (Phi) is 6.96. The van der Waals surface area contributed by atoms with Crippen LogP contribution in [0.25, 0.3) is 44.6 Å². The fourth-order valence-electron chi connectivity index (χ4n) is 6.47. The van der Waals surface area contributed by atoms with Crippen LogP contribution in [0.2, 0.25) is 0 Å². The van der Waals surface area contributed by atoms with Crippen LogP contribution in [0.15, 0.2) is 54.6 Å². The number of methoxy groups -OCH3 is 2. The Morgan fingerprint density at radius 3 is 2.50 bits per heavy atom. The largest absolute Gasteiger partial charge is 0.504 e. The van der Waals surface area contributed by atoms with E-state index >= 15 is 0 Å². The van der Waals surface area contributed by atoms with Crippen molar-refractivity contribution in [2.24, 2.45) is 18.7 Å². The first kappa shape index (κ1) is 28.2. The van der Waals surface area contributed by atoms with Crippen LogP contribution < -0.4 is 15.2 Å². The average molecular weight is 598 g/mol. The summed E-state index contributed by atoms with van der Waals surface area (Å²) >= 11 is 0. The number of phenolic OH excluding ortho intramolecular Hbond substituents is 1. The lowest BCUT2D eigenvalue weighted by molar-refractivity contribution is 0.0606. The summed E-state index contributed by atoms with van der Waals surface area (Å²) in [5.41, 5.74) is 11.8. The second kappa shape index (κ2) is 10.9. The highest BCUT2D eigenvalue weighted by atomic mass is 19.1. The van der Waals surface area contributed by atoms with Gasteiger partial charge in [-0.25, -0.2) is 9.37 Å². The molecule has 2 fully saturated rings. The number of aromatic nitrogens is 3. The van der Waals surface area contributed by atoms with Gasteiger partial charge in [0.25, 0.3) is 5.91 Å². The first-order valence-electron chi connectivity index (χ1n) is 15.0. The summed E-state index contributed by atoms with van der Waals surface area (Å²) in [6.07, 6.45) is 1.50. The molecule has 2 atom stereocenters. The van der Waals surface area contributed by atoms with Crippen molar-refractivity contribution in [2.45, 2.75) is 38.0 Å². The summed E-state index contributed by atoms with van der Waals surface area (Å²) in [5.74, 6) is 2.14. The number of nitrogens with two attached hydrogens (primary N) is 1. The quantitative estimate of drug-likeness (QED) is 0.256. The van der Waals surface area contributed by atoms with Gasteiger partial charge in [0.2, 0.25) is 0 Å². The molecule has 2 aromatic heterocycles. The number of amides is 1. The zero-order valence-corrected chi connectivity index (χ0v) is 25.1. The van der Waals surface area contributed by atoms with Crippen LogP contribution in [0.1, 0.15) is 29.6 Å². The summed E-state index contributed by atoms with van der Waals surface area (Å²) in [4.78, 5) is 20.0. The number of carbonyl (C=O) groups excluding carboxylic acids is 1. The minimum Gasteiger partial charge on any atom is -0.504 e. The Balaban J connectivity index is 1.34. The van der Waals surface area contributed by atoms with Gasteiger partial charge in [-0.1, -0.05) is 18.2 Å². The van der Waals surface area contributed by atoms with E-state index in [-0.39, 0.29) is 30.7 Å². The van der Waals surface area contributed by atoms with E-state index in [1.807, 2.05) is 23.7 Å². The Morgan fingerprint density at radius 1 is 1.02 bits per heavy atom. The number of piperidine rings is 1. The van der Waals surface area contributed by atoms with Crippen molar-refractivity contribution in [1.29, 1.82) is 0 Å². The number of nitrogens with zero attached hydrogens (tertiary/aromatic N) is 4. The number of phenols is 1. The molecule has 44 heavy (non-hydrogen) atoms. The molecule has 9 nitrogen and oxygen atoms in total. The molecule has 228 valence electrons. The lowest BCUT2D eigenvalue weighted by Crippen LogP contribution is -2.50. The summed E-state index contributed by atoms with van der Waals surface area (Å²) in [7, 11) is 5.08. The van der Waals surface area contributed by atoms with Crippen LogP contribution in [-0.4, -0.2) is 69.6 Å². The third-order valence-electron chi connectivity index (χ3n) is 8.90.